The number of aliphatic carboxylic acids is 1. The third-order valence-electron chi connectivity index (χ3n) is 3.45. The molecule has 1 heterocycles. The Kier molecular flexibility index (Phi) is 2.11. The van der Waals surface area contributed by atoms with Crippen LogP contribution in [0.2, 0.25) is 0 Å². The Morgan fingerprint density at radius 3 is 3.00 bits per heavy atom. The fourth-order valence-corrected chi connectivity index (χ4v) is 2.56. The number of rotatable bonds is 2. The Hall–Kier alpha value is -1.97. The molecular weight excluding hydrogens is 218 g/mol. The second-order valence-corrected chi connectivity index (χ2v) is 4.44. The summed E-state index contributed by atoms with van der Waals surface area (Å²) in [5.41, 5.74) is 3.24. The molecule has 1 atom stereocenters. The van der Waals surface area contributed by atoms with Crippen molar-refractivity contribution in [2.24, 2.45) is 5.92 Å². The molecule has 1 aromatic carbocycles. The van der Waals surface area contributed by atoms with E-state index in [9.17, 15) is 4.79 Å². The van der Waals surface area contributed by atoms with Gasteiger partial charge in [0, 0.05) is 23.0 Å². The van der Waals surface area contributed by atoms with Crippen LogP contribution < -0.4 is 4.74 Å². The minimum Gasteiger partial charge on any atom is -0.497 e. The smallest absolute Gasteiger partial charge is 0.307 e. The van der Waals surface area contributed by atoms with Crippen molar-refractivity contribution in [3.8, 4) is 5.75 Å². The summed E-state index contributed by atoms with van der Waals surface area (Å²) >= 11 is 0. The van der Waals surface area contributed by atoms with Crippen LogP contribution in [0, 0.1) is 5.92 Å². The number of hydrogen-bond acceptors (Lipinski definition) is 2. The molecule has 3 rings (SSSR count). The van der Waals surface area contributed by atoms with E-state index < -0.39 is 5.97 Å². The number of carbonyl (C=O) groups is 1. The lowest BCUT2D eigenvalue weighted by atomic mass is 10.1. The van der Waals surface area contributed by atoms with Crippen LogP contribution in [0.5, 0.6) is 5.75 Å². The largest absolute Gasteiger partial charge is 0.497 e. The zero-order valence-electron chi connectivity index (χ0n) is 9.49. The van der Waals surface area contributed by atoms with E-state index in [-0.39, 0.29) is 5.92 Å². The molecule has 1 aliphatic carbocycles. The van der Waals surface area contributed by atoms with Crippen LogP contribution in [0.4, 0.5) is 0 Å². The maximum atomic E-state index is 11.0. The topological polar surface area (TPSA) is 62.3 Å². The molecule has 0 radical (unpaired) electrons. The normalized spacial score (nSPS) is 18.3. The Morgan fingerprint density at radius 1 is 1.47 bits per heavy atom. The number of aromatic nitrogens is 1. The summed E-state index contributed by atoms with van der Waals surface area (Å²) in [7, 11) is 1.63. The monoisotopic (exact) mass is 231 g/mol. The zero-order chi connectivity index (χ0) is 12.0. The summed E-state index contributed by atoms with van der Waals surface area (Å²) < 4.78 is 5.20. The molecule has 0 aliphatic heterocycles. The third-order valence-corrected chi connectivity index (χ3v) is 3.45. The van der Waals surface area contributed by atoms with E-state index in [1.807, 2.05) is 18.2 Å². The van der Waals surface area contributed by atoms with Gasteiger partial charge in [-0.05, 0) is 30.2 Å². The summed E-state index contributed by atoms with van der Waals surface area (Å²) in [6, 6.07) is 5.85. The highest BCUT2D eigenvalue weighted by Gasteiger charge is 2.30. The molecule has 1 unspecified atom stereocenters. The maximum Gasteiger partial charge on any atom is 0.307 e. The Bertz CT molecular complexity index is 600. The van der Waals surface area contributed by atoms with Gasteiger partial charge in [-0.1, -0.05) is 0 Å². The number of H-pyrrole nitrogens is 1. The SMILES string of the molecule is COc1ccc2[nH]c3c(c2c1)CC(C(=O)O)C3. The van der Waals surface area contributed by atoms with Crippen molar-refractivity contribution in [1.82, 2.24) is 4.98 Å². The van der Waals surface area contributed by atoms with E-state index in [0.717, 1.165) is 27.9 Å². The standard InChI is InChI=1S/C13H13NO3/c1-17-8-2-3-11-10(6-8)9-4-7(13(15)16)5-12(9)14-11/h2-3,6-7,14H,4-5H2,1H3,(H,15,16). The van der Waals surface area contributed by atoms with Crippen LogP contribution in [0.15, 0.2) is 18.2 Å². The fourth-order valence-electron chi connectivity index (χ4n) is 2.56. The van der Waals surface area contributed by atoms with Crippen molar-refractivity contribution in [2.45, 2.75) is 12.8 Å². The molecule has 0 amide bonds. The minimum atomic E-state index is -0.717. The van der Waals surface area contributed by atoms with Crippen molar-refractivity contribution in [3.05, 3.63) is 29.5 Å². The molecule has 0 saturated carbocycles. The lowest BCUT2D eigenvalue weighted by Gasteiger charge is -2.03. The van der Waals surface area contributed by atoms with Crippen LogP contribution in [0.3, 0.4) is 0 Å². The maximum absolute atomic E-state index is 11.0. The summed E-state index contributed by atoms with van der Waals surface area (Å²) in [5.74, 6) is -0.199. The molecule has 0 saturated heterocycles. The molecule has 1 aliphatic rings. The first-order valence-electron chi connectivity index (χ1n) is 5.59. The van der Waals surface area contributed by atoms with E-state index in [0.29, 0.717) is 12.8 Å². The Morgan fingerprint density at radius 2 is 2.29 bits per heavy atom. The first-order valence-corrected chi connectivity index (χ1v) is 5.59. The van der Waals surface area contributed by atoms with E-state index in [1.165, 1.54) is 0 Å². The Labute approximate surface area is 98.2 Å². The van der Waals surface area contributed by atoms with E-state index in [4.69, 9.17) is 9.84 Å². The van der Waals surface area contributed by atoms with Crippen molar-refractivity contribution < 1.29 is 14.6 Å². The number of benzene rings is 1. The number of carboxylic acids is 1. The number of carboxylic acid groups (broad SMARTS) is 1. The van der Waals surface area contributed by atoms with E-state index in [1.54, 1.807) is 7.11 Å². The summed E-state index contributed by atoms with van der Waals surface area (Å²) in [4.78, 5) is 14.3. The first-order chi connectivity index (χ1) is 8.19. The molecule has 1 aromatic heterocycles. The summed E-state index contributed by atoms with van der Waals surface area (Å²) in [6.45, 7) is 0. The molecule has 2 N–H and O–H groups in total. The van der Waals surface area contributed by atoms with Gasteiger partial charge in [-0.25, -0.2) is 0 Å². The van der Waals surface area contributed by atoms with E-state index in [2.05, 4.69) is 4.98 Å². The lowest BCUT2D eigenvalue weighted by Crippen LogP contribution is -2.13. The van der Waals surface area contributed by atoms with Crippen molar-refractivity contribution in [3.63, 3.8) is 0 Å². The van der Waals surface area contributed by atoms with Crippen LogP contribution >= 0.6 is 0 Å². The van der Waals surface area contributed by atoms with Crippen LogP contribution in [0.1, 0.15) is 11.3 Å². The van der Waals surface area contributed by atoms with Crippen molar-refractivity contribution >= 4 is 16.9 Å². The number of nitrogens with one attached hydrogen (secondary N) is 1. The molecule has 88 valence electrons. The van der Waals surface area contributed by atoms with Crippen molar-refractivity contribution in [1.29, 1.82) is 0 Å². The number of ether oxygens (including phenoxy) is 1. The highest BCUT2D eigenvalue weighted by Crippen LogP contribution is 2.34. The van der Waals surface area contributed by atoms with Crippen LogP contribution in [-0.4, -0.2) is 23.2 Å². The van der Waals surface area contributed by atoms with Crippen molar-refractivity contribution in [2.75, 3.05) is 7.11 Å². The van der Waals surface area contributed by atoms with Gasteiger partial charge < -0.3 is 14.8 Å². The van der Waals surface area contributed by atoms with Gasteiger partial charge in [0.25, 0.3) is 0 Å². The molecular formula is C13H13NO3. The number of hydrogen-bond donors (Lipinski definition) is 2. The molecule has 17 heavy (non-hydrogen) atoms. The van der Waals surface area contributed by atoms with Gasteiger partial charge in [0.15, 0.2) is 0 Å². The lowest BCUT2D eigenvalue weighted by molar-refractivity contribution is -0.141. The summed E-state index contributed by atoms with van der Waals surface area (Å²) in [5, 5.41) is 10.1. The molecule has 0 fully saturated rings. The van der Waals surface area contributed by atoms with Gasteiger partial charge in [0.2, 0.25) is 0 Å². The number of aromatic amines is 1. The molecule has 2 aromatic rings. The van der Waals surface area contributed by atoms with Crippen LogP contribution in [-0.2, 0) is 17.6 Å². The molecule has 4 nitrogen and oxygen atoms in total. The second-order valence-electron chi connectivity index (χ2n) is 4.44. The highest BCUT2D eigenvalue weighted by molar-refractivity contribution is 5.88. The molecule has 0 bridgehead atoms. The van der Waals surface area contributed by atoms with Gasteiger partial charge in [-0.3, -0.25) is 4.79 Å². The number of fused-ring (bicyclic) bond motifs is 3. The second kappa shape index (κ2) is 3.52. The summed E-state index contributed by atoms with van der Waals surface area (Å²) in [6.07, 6.45) is 1.21. The van der Waals surface area contributed by atoms with Crippen LogP contribution in [0.25, 0.3) is 10.9 Å². The average Bonchev–Trinajstić information content (AvgIpc) is 2.85. The quantitative estimate of drug-likeness (QED) is 0.830. The number of methoxy groups -OCH3 is 1. The Balaban J connectivity index is 2.10. The molecule has 0 spiro atoms. The minimum absolute atomic E-state index is 0.285. The van der Waals surface area contributed by atoms with Gasteiger partial charge in [0.1, 0.15) is 5.75 Å². The molecule has 4 heteroatoms. The first kappa shape index (κ1) is 10.2. The van der Waals surface area contributed by atoms with Gasteiger partial charge in [-0.15, -0.1) is 0 Å². The predicted octanol–water partition coefficient (Wildman–Crippen LogP) is 1.98. The predicted molar refractivity (Wildman–Crippen MR) is 63.4 cm³/mol. The van der Waals surface area contributed by atoms with Gasteiger partial charge >= 0.3 is 5.97 Å². The van der Waals surface area contributed by atoms with Gasteiger partial charge in [0.05, 0.1) is 13.0 Å². The zero-order valence-corrected chi connectivity index (χ0v) is 9.49. The highest BCUT2D eigenvalue weighted by atomic mass is 16.5. The fraction of sp³-hybridized carbons (Fsp3) is 0.308. The average molecular weight is 231 g/mol. The van der Waals surface area contributed by atoms with Gasteiger partial charge in [-0.2, -0.15) is 0 Å². The van der Waals surface area contributed by atoms with E-state index >= 15 is 0 Å². The third kappa shape index (κ3) is 1.48.